The fraction of sp³-hybridized carbons (Fsp3) is 0.143. The van der Waals surface area contributed by atoms with Gasteiger partial charge in [-0.05, 0) is 49.2 Å². The van der Waals surface area contributed by atoms with Gasteiger partial charge in [-0.2, -0.15) is 0 Å². The maximum absolute atomic E-state index is 5.46. The summed E-state index contributed by atoms with van der Waals surface area (Å²) in [7, 11) is 0. The molecule has 2 aromatic carbocycles. The standard InChI is InChI=1S/2C7H9N/c2*1-6-3-2-4-7(8)5-6/h2*2-5H,8H2,1H3. The van der Waals surface area contributed by atoms with E-state index in [9.17, 15) is 0 Å². The van der Waals surface area contributed by atoms with Crippen LogP contribution in [0.1, 0.15) is 11.1 Å². The Labute approximate surface area is 96.9 Å². The minimum absolute atomic E-state index is 0.838. The van der Waals surface area contributed by atoms with Crippen molar-refractivity contribution in [3.63, 3.8) is 0 Å². The second kappa shape index (κ2) is 5.81. The molecule has 2 rings (SSSR count). The second-order valence-electron chi connectivity index (χ2n) is 3.83. The Bertz CT molecular complexity index is 372. The van der Waals surface area contributed by atoms with E-state index in [4.69, 9.17) is 11.5 Å². The molecule has 0 radical (unpaired) electrons. The summed E-state index contributed by atoms with van der Waals surface area (Å²) < 4.78 is 0. The van der Waals surface area contributed by atoms with E-state index in [1.54, 1.807) is 0 Å². The van der Waals surface area contributed by atoms with Gasteiger partial charge in [0, 0.05) is 11.4 Å². The molecule has 0 bridgehead atoms. The predicted molar refractivity (Wildman–Crippen MR) is 71.2 cm³/mol. The molecule has 2 heteroatoms. The predicted octanol–water partition coefficient (Wildman–Crippen LogP) is 3.15. The van der Waals surface area contributed by atoms with Crippen molar-refractivity contribution < 1.29 is 0 Å². The first kappa shape index (κ1) is 12.1. The first-order chi connectivity index (χ1) is 7.58. The monoisotopic (exact) mass is 214 g/mol. The zero-order valence-corrected chi connectivity index (χ0v) is 9.77. The van der Waals surface area contributed by atoms with Crippen molar-refractivity contribution in [1.82, 2.24) is 0 Å². The molecule has 0 saturated heterocycles. The number of aryl methyl sites for hydroxylation is 2. The number of hydrogen-bond acceptors (Lipinski definition) is 2. The van der Waals surface area contributed by atoms with E-state index >= 15 is 0 Å². The SMILES string of the molecule is Cc1cccc(N)c1.Cc1cccc(N)c1. The molecule has 0 aliphatic rings. The van der Waals surface area contributed by atoms with Crippen molar-refractivity contribution in [2.24, 2.45) is 0 Å². The van der Waals surface area contributed by atoms with Crippen LogP contribution >= 0.6 is 0 Å². The molecule has 0 unspecified atom stereocenters. The Kier molecular flexibility index (Phi) is 4.40. The molecule has 0 heterocycles. The van der Waals surface area contributed by atoms with Crippen LogP contribution in [-0.4, -0.2) is 0 Å². The van der Waals surface area contributed by atoms with Crippen molar-refractivity contribution in [3.05, 3.63) is 59.7 Å². The molecule has 0 aliphatic carbocycles. The van der Waals surface area contributed by atoms with Crippen LogP contribution in [-0.2, 0) is 0 Å². The van der Waals surface area contributed by atoms with Gasteiger partial charge >= 0.3 is 0 Å². The average Bonchev–Trinajstić information content (AvgIpc) is 2.17. The van der Waals surface area contributed by atoms with Gasteiger partial charge in [0.05, 0.1) is 0 Å². The Morgan fingerprint density at radius 3 is 1.25 bits per heavy atom. The molecule has 0 aliphatic heterocycles. The highest BCUT2D eigenvalue weighted by molar-refractivity contribution is 5.40. The minimum atomic E-state index is 0.838. The topological polar surface area (TPSA) is 52.0 Å². The highest BCUT2D eigenvalue weighted by atomic mass is 14.5. The van der Waals surface area contributed by atoms with Crippen LogP contribution in [0.3, 0.4) is 0 Å². The molecular formula is C14H18N2. The smallest absolute Gasteiger partial charge is 0.0316 e. The van der Waals surface area contributed by atoms with E-state index in [-0.39, 0.29) is 0 Å². The lowest BCUT2D eigenvalue weighted by molar-refractivity contribution is 1.47. The number of hydrogen-bond donors (Lipinski definition) is 2. The highest BCUT2D eigenvalue weighted by Crippen LogP contribution is 2.03. The Morgan fingerprint density at radius 1 is 0.688 bits per heavy atom. The fourth-order valence-electron chi connectivity index (χ4n) is 1.34. The van der Waals surface area contributed by atoms with Crippen molar-refractivity contribution >= 4 is 11.4 Å². The summed E-state index contributed by atoms with van der Waals surface area (Å²) in [6.07, 6.45) is 0. The van der Waals surface area contributed by atoms with Gasteiger partial charge in [-0.25, -0.2) is 0 Å². The number of nitrogens with two attached hydrogens (primary N) is 2. The summed E-state index contributed by atoms with van der Waals surface area (Å²) >= 11 is 0. The third-order valence-corrected chi connectivity index (χ3v) is 2.08. The Balaban J connectivity index is 0.000000160. The zero-order valence-electron chi connectivity index (χ0n) is 9.77. The van der Waals surface area contributed by atoms with Crippen LogP contribution in [0.5, 0.6) is 0 Å². The molecule has 0 aromatic heterocycles. The minimum Gasteiger partial charge on any atom is -0.399 e. The summed E-state index contributed by atoms with van der Waals surface area (Å²) in [6.45, 7) is 4.05. The first-order valence-electron chi connectivity index (χ1n) is 5.22. The van der Waals surface area contributed by atoms with Crippen molar-refractivity contribution in [1.29, 1.82) is 0 Å². The van der Waals surface area contributed by atoms with Crippen molar-refractivity contribution in [2.75, 3.05) is 11.5 Å². The maximum atomic E-state index is 5.46. The van der Waals surface area contributed by atoms with E-state index in [2.05, 4.69) is 0 Å². The molecule has 2 nitrogen and oxygen atoms in total. The largest absolute Gasteiger partial charge is 0.399 e. The summed E-state index contributed by atoms with van der Waals surface area (Å²) in [4.78, 5) is 0. The molecular weight excluding hydrogens is 196 g/mol. The lowest BCUT2D eigenvalue weighted by Gasteiger charge is -1.91. The van der Waals surface area contributed by atoms with Crippen LogP contribution in [0.2, 0.25) is 0 Å². The second-order valence-corrected chi connectivity index (χ2v) is 3.83. The number of benzene rings is 2. The van der Waals surface area contributed by atoms with Gasteiger partial charge in [0.15, 0.2) is 0 Å². The molecule has 0 spiro atoms. The molecule has 0 fully saturated rings. The molecule has 84 valence electrons. The van der Waals surface area contributed by atoms with Gasteiger partial charge in [-0.3, -0.25) is 0 Å². The Morgan fingerprint density at radius 2 is 1.06 bits per heavy atom. The van der Waals surface area contributed by atoms with Crippen LogP contribution in [0.15, 0.2) is 48.5 Å². The van der Waals surface area contributed by atoms with Gasteiger partial charge in [-0.1, -0.05) is 24.3 Å². The average molecular weight is 214 g/mol. The highest BCUT2D eigenvalue weighted by Gasteiger charge is 1.81. The van der Waals surface area contributed by atoms with E-state index in [1.165, 1.54) is 11.1 Å². The summed E-state index contributed by atoms with van der Waals surface area (Å²) in [6, 6.07) is 15.6. The van der Waals surface area contributed by atoms with E-state index in [0.29, 0.717) is 0 Å². The summed E-state index contributed by atoms with van der Waals surface area (Å²) in [5, 5.41) is 0. The van der Waals surface area contributed by atoms with Gasteiger partial charge in [0.1, 0.15) is 0 Å². The van der Waals surface area contributed by atoms with Crippen LogP contribution in [0.4, 0.5) is 11.4 Å². The zero-order chi connectivity index (χ0) is 12.0. The number of anilines is 2. The van der Waals surface area contributed by atoms with Gasteiger partial charge in [0.25, 0.3) is 0 Å². The lowest BCUT2D eigenvalue weighted by atomic mass is 10.2. The molecule has 16 heavy (non-hydrogen) atoms. The normalized spacial score (nSPS) is 9.12. The molecule has 4 N–H and O–H groups in total. The molecule has 0 atom stereocenters. The van der Waals surface area contributed by atoms with Crippen LogP contribution in [0, 0.1) is 13.8 Å². The first-order valence-corrected chi connectivity index (χ1v) is 5.22. The third-order valence-electron chi connectivity index (χ3n) is 2.08. The third kappa shape index (κ3) is 4.51. The van der Waals surface area contributed by atoms with Crippen LogP contribution < -0.4 is 11.5 Å². The molecule has 2 aromatic rings. The van der Waals surface area contributed by atoms with Gasteiger partial charge in [-0.15, -0.1) is 0 Å². The molecule has 0 saturated carbocycles. The maximum Gasteiger partial charge on any atom is 0.0316 e. The van der Waals surface area contributed by atoms with Crippen molar-refractivity contribution in [3.8, 4) is 0 Å². The van der Waals surface area contributed by atoms with Gasteiger partial charge in [0.2, 0.25) is 0 Å². The van der Waals surface area contributed by atoms with E-state index in [1.807, 2.05) is 62.4 Å². The summed E-state index contributed by atoms with van der Waals surface area (Å²) in [5.41, 5.74) is 15.0. The Hall–Kier alpha value is -1.96. The van der Waals surface area contributed by atoms with Gasteiger partial charge < -0.3 is 11.5 Å². The van der Waals surface area contributed by atoms with Crippen LogP contribution in [0.25, 0.3) is 0 Å². The molecule has 0 amide bonds. The number of rotatable bonds is 0. The number of nitrogen functional groups attached to an aromatic ring is 2. The lowest BCUT2D eigenvalue weighted by Crippen LogP contribution is -1.82. The van der Waals surface area contributed by atoms with E-state index < -0.39 is 0 Å². The quantitative estimate of drug-likeness (QED) is 0.662. The fourth-order valence-corrected chi connectivity index (χ4v) is 1.34. The van der Waals surface area contributed by atoms with E-state index in [0.717, 1.165) is 11.4 Å². The summed E-state index contributed by atoms with van der Waals surface area (Å²) in [5.74, 6) is 0. The van der Waals surface area contributed by atoms with Crippen molar-refractivity contribution in [2.45, 2.75) is 13.8 Å².